The molecule has 0 bridgehead atoms. The number of carbonyl (C=O) groups excluding carboxylic acids is 1. The van der Waals surface area contributed by atoms with Gasteiger partial charge in [-0.2, -0.15) is 10.2 Å². The summed E-state index contributed by atoms with van der Waals surface area (Å²) in [5.41, 5.74) is 4.54. The van der Waals surface area contributed by atoms with Crippen molar-refractivity contribution >= 4 is 5.91 Å². The topological polar surface area (TPSA) is 76.0 Å². The van der Waals surface area contributed by atoms with Crippen molar-refractivity contribution in [3.05, 3.63) is 34.4 Å². The molecule has 23 heavy (non-hydrogen) atoms. The van der Waals surface area contributed by atoms with Crippen LogP contribution in [-0.2, 0) is 24.8 Å². The third-order valence-electron chi connectivity index (χ3n) is 4.38. The van der Waals surface area contributed by atoms with E-state index >= 15 is 0 Å². The standard InChI is InChI=1S/C16H23N5O2/c1-9-6-13-14(11(3)23-9)19-21(5)15(13)16(22)20(4)8-12-7-17-18-10(12)2/h7,9,11H,6,8H2,1-5H3,(H,17,18)/t9-,11+/m1/s1. The summed E-state index contributed by atoms with van der Waals surface area (Å²) < 4.78 is 7.49. The largest absolute Gasteiger partial charge is 0.369 e. The molecule has 7 nitrogen and oxygen atoms in total. The van der Waals surface area contributed by atoms with Crippen LogP contribution in [0.15, 0.2) is 6.20 Å². The second-order valence-electron chi connectivity index (χ2n) is 6.31. The Bertz CT molecular complexity index is 733. The van der Waals surface area contributed by atoms with Crippen molar-refractivity contribution in [2.75, 3.05) is 7.05 Å². The highest BCUT2D eigenvalue weighted by Crippen LogP contribution is 2.31. The summed E-state index contributed by atoms with van der Waals surface area (Å²) in [7, 11) is 3.63. The van der Waals surface area contributed by atoms with Crippen molar-refractivity contribution in [2.24, 2.45) is 7.05 Å². The fourth-order valence-corrected chi connectivity index (χ4v) is 3.18. The lowest BCUT2D eigenvalue weighted by Crippen LogP contribution is -2.30. The molecule has 3 rings (SSSR count). The van der Waals surface area contributed by atoms with E-state index in [9.17, 15) is 4.79 Å². The normalized spacial score (nSPS) is 20.4. The lowest BCUT2D eigenvalue weighted by Gasteiger charge is -2.25. The van der Waals surface area contributed by atoms with E-state index in [2.05, 4.69) is 15.3 Å². The van der Waals surface area contributed by atoms with Crippen LogP contribution in [0.3, 0.4) is 0 Å². The van der Waals surface area contributed by atoms with Crippen molar-refractivity contribution in [3.63, 3.8) is 0 Å². The Morgan fingerprint density at radius 3 is 2.91 bits per heavy atom. The number of carbonyl (C=O) groups is 1. The number of hydrogen-bond donors (Lipinski definition) is 1. The summed E-state index contributed by atoms with van der Waals surface area (Å²) in [5, 5.41) is 11.4. The monoisotopic (exact) mass is 317 g/mol. The lowest BCUT2D eigenvalue weighted by molar-refractivity contribution is -0.00713. The molecule has 0 aliphatic carbocycles. The fraction of sp³-hybridized carbons (Fsp3) is 0.562. The van der Waals surface area contributed by atoms with Crippen LogP contribution < -0.4 is 0 Å². The first kappa shape index (κ1) is 15.7. The number of nitrogens with one attached hydrogen (secondary N) is 1. The molecule has 1 aliphatic rings. The number of nitrogens with zero attached hydrogens (tertiary/aromatic N) is 4. The van der Waals surface area contributed by atoms with Gasteiger partial charge in [-0.15, -0.1) is 0 Å². The van der Waals surface area contributed by atoms with Gasteiger partial charge in [0.05, 0.1) is 24.1 Å². The average molecular weight is 317 g/mol. The fourth-order valence-electron chi connectivity index (χ4n) is 3.18. The Kier molecular flexibility index (Phi) is 3.97. The molecule has 0 saturated carbocycles. The number of ether oxygens (including phenoxy) is 1. The van der Waals surface area contributed by atoms with Gasteiger partial charge in [0, 0.05) is 43.9 Å². The molecule has 0 spiro atoms. The molecule has 1 aliphatic heterocycles. The second-order valence-corrected chi connectivity index (χ2v) is 6.31. The van der Waals surface area contributed by atoms with Crippen LogP contribution in [0.2, 0.25) is 0 Å². The summed E-state index contributed by atoms with van der Waals surface area (Å²) >= 11 is 0. The molecule has 3 heterocycles. The lowest BCUT2D eigenvalue weighted by atomic mass is 9.99. The quantitative estimate of drug-likeness (QED) is 0.935. The van der Waals surface area contributed by atoms with Gasteiger partial charge in [-0.1, -0.05) is 0 Å². The van der Waals surface area contributed by atoms with E-state index in [0.29, 0.717) is 18.7 Å². The molecule has 0 unspecified atom stereocenters. The summed E-state index contributed by atoms with van der Waals surface area (Å²) in [5.74, 6) is -0.0249. The number of fused-ring (bicyclic) bond motifs is 1. The van der Waals surface area contributed by atoms with E-state index in [0.717, 1.165) is 22.5 Å². The number of aryl methyl sites for hydroxylation is 2. The van der Waals surface area contributed by atoms with Crippen molar-refractivity contribution in [1.82, 2.24) is 24.9 Å². The third kappa shape index (κ3) is 2.76. The Labute approximate surface area is 135 Å². The van der Waals surface area contributed by atoms with Gasteiger partial charge in [0.25, 0.3) is 5.91 Å². The highest BCUT2D eigenvalue weighted by atomic mass is 16.5. The van der Waals surface area contributed by atoms with E-state index in [1.165, 1.54) is 0 Å². The molecule has 0 saturated heterocycles. The van der Waals surface area contributed by atoms with Gasteiger partial charge < -0.3 is 9.64 Å². The number of aromatic amines is 1. The van der Waals surface area contributed by atoms with Crippen LogP contribution >= 0.6 is 0 Å². The molecule has 2 aromatic heterocycles. The van der Waals surface area contributed by atoms with Gasteiger partial charge in [0.2, 0.25) is 0 Å². The maximum atomic E-state index is 12.9. The predicted octanol–water partition coefficient (Wildman–Crippen LogP) is 1.75. The molecule has 2 aromatic rings. The zero-order valence-electron chi connectivity index (χ0n) is 14.3. The van der Waals surface area contributed by atoms with Gasteiger partial charge >= 0.3 is 0 Å². The number of aromatic nitrogens is 4. The number of hydrogen-bond acceptors (Lipinski definition) is 4. The molecule has 124 valence electrons. The van der Waals surface area contributed by atoms with E-state index < -0.39 is 0 Å². The predicted molar refractivity (Wildman–Crippen MR) is 85.0 cm³/mol. The first-order chi connectivity index (χ1) is 10.9. The smallest absolute Gasteiger partial charge is 0.272 e. The van der Waals surface area contributed by atoms with Crippen LogP contribution in [0.5, 0.6) is 0 Å². The maximum Gasteiger partial charge on any atom is 0.272 e. The highest BCUT2D eigenvalue weighted by molar-refractivity contribution is 5.94. The van der Waals surface area contributed by atoms with Crippen molar-refractivity contribution in [1.29, 1.82) is 0 Å². The molecule has 0 fully saturated rings. The maximum absolute atomic E-state index is 12.9. The Hall–Kier alpha value is -2.15. The van der Waals surface area contributed by atoms with E-state index in [4.69, 9.17) is 4.74 Å². The minimum Gasteiger partial charge on any atom is -0.369 e. The zero-order chi connectivity index (χ0) is 16.7. The highest BCUT2D eigenvalue weighted by Gasteiger charge is 2.32. The SMILES string of the molecule is Cc1[nH]ncc1CN(C)C(=O)c1c2c(nn1C)[C@H](C)O[C@H](C)C2. The summed E-state index contributed by atoms with van der Waals surface area (Å²) in [4.78, 5) is 14.7. The van der Waals surface area contributed by atoms with Gasteiger partial charge in [-0.25, -0.2) is 0 Å². The first-order valence-electron chi connectivity index (χ1n) is 7.84. The summed E-state index contributed by atoms with van der Waals surface area (Å²) in [6, 6.07) is 0. The van der Waals surface area contributed by atoms with E-state index in [-0.39, 0.29) is 18.1 Å². The third-order valence-corrected chi connectivity index (χ3v) is 4.38. The van der Waals surface area contributed by atoms with Crippen molar-refractivity contribution < 1.29 is 9.53 Å². The van der Waals surface area contributed by atoms with Gasteiger partial charge in [0.1, 0.15) is 5.69 Å². The van der Waals surface area contributed by atoms with Crippen LogP contribution in [0.1, 0.15) is 53.0 Å². The molecule has 0 radical (unpaired) electrons. The Morgan fingerprint density at radius 1 is 1.52 bits per heavy atom. The van der Waals surface area contributed by atoms with Crippen LogP contribution in [-0.4, -0.2) is 43.9 Å². The van der Waals surface area contributed by atoms with Crippen LogP contribution in [0.25, 0.3) is 0 Å². The Balaban J connectivity index is 1.89. The first-order valence-corrected chi connectivity index (χ1v) is 7.84. The molecule has 1 amide bonds. The molecular weight excluding hydrogens is 294 g/mol. The number of amides is 1. The number of H-pyrrole nitrogens is 1. The summed E-state index contributed by atoms with van der Waals surface area (Å²) in [6.45, 7) is 6.48. The van der Waals surface area contributed by atoms with Gasteiger partial charge in [-0.3, -0.25) is 14.6 Å². The van der Waals surface area contributed by atoms with E-state index in [1.807, 2.05) is 27.8 Å². The minimum absolute atomic E-state index is 0.0249. The van der Waals surface area contributed by atoms with Gasteiger partial charge in [-0.05, 0) is 20.8 Å². The zero-order valence-corrected chi connectivity index (χ0v) is 14.3. The van der Waals surface area contributed by atoms with Crippen LogP contribution in [0, 0.1) is 6.92 Å². The van der Waals surface area contributed by atoms with Gasteiger partial charge in [0.15, 0.2) is 0 Å². The Morgan fingerprint density at radius 2 is 2.26 bits per heavy atom. The molecular formula is C16H23N5O2. The minimum atomic E-state index is -0.0806. The molecule has 0 aromatic carbocycles. The second kappa shape index (κ2) is 5.81. The van der Waals surface area contributed by atoms with Crippen molar-refractivity contribution in [2.45, 2.75) is 45.9 Å². The van der Waals surface area contributed by atoms with Crippen LogP contribution in [0.4, 0.5) is 0 Å². The van der Waals surface area contributed by atoms with E-state index in [1.54, 1.807) is 22.8 Å². The summed E-state index contributed by atoms with van der Waals surface area (Å²) in [6.07, 6.45) is 2.49. The molecule has 1 N–H and O–H groups in total. The van der Waals surface area contributed by atoms with Crippen molar-refractivity contribution in [3.8, 4) is 0 Å². The molecule has 2 atom stereocenters. The molecule has 7 heteroatoms. The number of rotatable bonds is 3. The average Bonchev–Trinajstić information content (AvgIpc) is 3.02.